The van der Waals surface area contributed by atoms with Gasteiger partial charge in [0.05, 0.1) is 5.75 Å². The van der Waals surface area contributed by atoms with Gasteiger partial charge in [-0.25, -0.2) is 0 Å². The number of aryl methyl sites for hydroxylation is 2. The third-order valence-corrected chi connectivity index (χ3v) is 5.70. The molecule has 30 heavy (non-hydrogen) atoms. The van der Waals surface area contributed by atoms with Crippen molar-refractivity contribution in [3.05, 3.63) is 65.5 Å². The first-order valence-electron chi connectivity index (χ1n) is 10.2. The molecule has 6 nitrogen and oxygen atoms in total. The highest BCUT2D eigenvalue weighted by molar-refractivity contribution is 7.99. The molecule has 0 saturated heterocycles. The zero-order valence-corrected chi connectivity index (χ0v) is 18.7. The summed E-state index contributed by atoms with van der Waals surface area (Å²) in [6.07, 6.45) is 0.620. The van der Waals surface area contributed by atoms with Gasteiger partial charge in [0.25, 0.3) is 0 Å². The fraction of sp³-hybridized carbons (Fsp3) is 0.348. The lowest BCUT2D eigenvalue weighted by Gasteiger charge is -2.16. The van der Waals surface area contributed by atoms with E-state index in [1.165, 1.54) is 11.8 Å². The number of carbonyl (C=O) groups is 1. The minimum atomic E-state index is -0.251. The van der Waals surface area contributed by atoms with E-state index < -0.39 is 0 Å². The molecule has 0 bridgehead atoms. The summed E-state index contributed by atoms with van der Waals surface area (Å²) < 4.78 is 8.05. The summed E-state index contributed by atoms with van der Waals surface area (Å²) in [5.41, 5.74) is 3.13. The summed E-state index contributed by atoms with van der Waals surface area (Å²) in [6, 6.07) is 15.8. The Balaban J connectivity index is 1.64. The summed E-state index contributed by atoms with van der Waals surface area (Å²) >= 11 is 1.38. The van der Waals surface area contributed by atoms with Crippen molar-refractivity contribution in [2.45, 2.75) is 51.9 Å². The highest BCUT2D eigenvalue weighted by Crippen LogP contribution is 2.25. The summed E-state index contributed by atoms with van der Waals surface area (Å²) in [6.45, 7) is 8.80. The second kappa shape index (κ2) is 10.3. The molecule has 1 heterocycles. The summed E-state index contributed by atoms with van der Waals surface area (Å²) in [7, 11) is 0. The summed E-state index contributed by atoms with van der Waals surface area (Å²) in [5, 5.41) is 12.3. The fourth-order valence-electron chi connectivity index (χ4n) is 3.22. The van der Waals surface area contributed by atoms with Crippen molar-refractivity contribution in [2.24, 2.45) is 0 Å². The van der Waals surface area contributed by atoms with Crippen molar-refractivity contribution in [1.82, 2.24) is 14.8 Å². The maximum atomic E-state index is 12.5. The van der Waals surface area contributed by atoms with Crippen LogP contribution in [0.25, 0.3) is 0 Å². The number of carbonyl (C=O) groups excluding carboxylic acids is 1. The predicted molar refractivity (Wildman–Crippen MR) is 121 cm³/mol. The Morgan fingerprint density at radius 2 is 1.97 bits per heavy atom. The maximum absolute atomic E-state index is 12.5. The Bertz CT molecular complexity index is 1000. The molecule has 0 aliphatic rings. The number of para-hydroxylation sites is 1. The van der Waals surface area contributed by atoms with Gasteiger partial charge in [-0.15, -0.1) is 10.2 Å². The Kier molecular flexibility index (Phi) is 7.52. The molecule has 7 heteroatoms. The number of amides is 1. The van der Waals surface area contributed by atoms with Crippen LogP contribution in [0.3, 0.4) is 0 Å². The molecule has 1 amide bonds. The summed E-state index contributed by atoms with van der Waals surface area (Å²) in [4.78, 5) is 12.5. The molecular weight excluding hydrogens is 396 g/mol. The van der Waals surface area contributed by atoms with Gasteiger partial charge in [-0.1, -0.05) is 49.0 Å². The number of anilines is 1. The molecule has 0 spiro atoms. The lowest BCUT2D eigenvalue weighted by molar-refractivity contribution is -0.113. The van der Waals surface area contributed by atoms with Gasteiger partial charge in [0, 0.05) is 12.2 Å². The van der Waals surface area contributed by atoms with Crippen LogP contribution in [0.1, 0.15) is 43.8 Å². The highest BCUT2D eigenvalue weighted by Gasteiger charge is 2.19. The average molecular weight is 425 g/mol. The van der Waals surface area contributed by atoms with Gasteiger partial charge in [0.15, 0.2) is 17.1 Å². The first-order chi connectivity index (χ1) is 14.5. The second-order valence-electron chi connectivity index (χ2n) is 7.01. The molecule has 0 aliphatic heterocycles. The van der Waals surface area contributed by atoms with Crippen molar-refractivity contribution in [3.63, 3.8) is 0 Å². The smallest absolute Gasteiger partial charge is 0.234 e. The molecule has 0 fully saturated rings. The first-order valence-corrected chi connectivity index (χ1v) is 11.2. The molecule has 2 aromatic carbocycles. The van der Waals surface area contributed by atoms with Gasteiger partial charge in [0.1, 0.15) is 5.75 Å². The number of aromatic nitrogens is 3. The van der Waals surface area contributed by atoms with Crippen LogP contribution < -0.4 is 10.1 Å². The maximum Gasteiger partial charge on any atom is 0.234 e. The van der Waals surface area contributed by atoms with Crippen LogP contribution in [0.5, 0.6) is 5.75 Å². The van der Waals surface area contributed by atoms with Crippen molar-refractivity contribution in [2.75, 3.05) is 11.1 Å². The molecule has 1 atom stereocenters. The van der Waals surface area contributed by atoms with E-state index in [1.807, 2.05) is 73.9 Å². The van der Waals surface area contributed by atoms with Crippen LogP contribution in [-0.4, -0.2) is 26.4 Å². The van der Waals surface area contributed by atoms with Gasteiger partial charge < -0.3 is 14.6 Å². The zero-order valence-electron chi connectivity index (χ0n) is 17.9. The Hall–Kier alpha value is -2.80. The number of rotatable bonds is 9. The number of hydrogen-bond donors (Lipinski definition) is 1. The van der Waals surface area contributed by atoms with E-state index in [4.69, 9.17) is 4.74 Å². The molecular formula is C23H28N4O2S. The molecule has 1 unspecified atom stereocenters. The van der Waals surface area contributed by atoms with E-state index in [0.717, 1.165) is 34.8 Å². The highest BCUT2D eigenvalue weighted by atomic mass is 32.2. The van der Waals surface area contributed by atoms with Gasteiger partial charge in [0.2, 0.25) is 5.91 Å². The molecule has 0 aliphatic carbocycles. The second-order valence-corrected chi connectivity index (χ2v) is 7.95. The lowest BCUT2D eigenvalue weighted by Crippen LogP contribution is -2.16. The average Bonchev–Trinajstić information content (AvgIpc) is 3.16. The fourth-order valence-corrected chi connectivity index (χ4v) is 4.03. The standard InChI is InChI=1S/C23H28N4O2S/c1-5-18-11-7-8-13-20(18)24-21(28)15-30-23-26-25-22(27(23)6-2)17(4)29-19-12-9-10-16(3)14-19/h7-14,17H,5-6,15H2,1-4H3,(H,24,28). The zero-order chi connectivity index (χ0) is 21.5. The number of benzene rings is 2. The van der Waals surface area contributed by atoms with E-state index in [2.05, 4.69) is 22.4 Å². The predicted octanol–water partition coefficient (Wildman–Crippen LogP) is 5.04. The van der Waals surface area contributed by atoms with Crippen LogP contribution in [0.2, 0.25) is 0 Å². The Morgan fingerprint density at radius 3 is 2.70 bits per heavy atom. The van der Waals surface area contributed by atoms with Crippen LogP contribution in [0.4, 0.5) is 5.69 Å². The molecule has 1 N–H and O–H groups in total. The van der Waals surface area contributed by atoms with Crippen LogP contribution in [0, 0.1) is 6.92 Å². The normalized spacial score (nSPS) is 11.9. The van der Waals surface area contributed by atoms with Crippen molar-refractivity contribution in [1.29, 1.82) is 0 Å². The minimum Gasteiger partial charge on any atom is -0.483 e. The number of nitrogens with zero attached hydrogens (tertiary/aromatic N) is 3. The van der Waals surface area contributed by atoms with Gasteiger partial charge in [-0.2, -0.15) is 0 Å². The minimum absolute atomic E-state index is 0.0582. The largest absolute Gasteiger partial charge is 0.483 e. The van der Waals surface area contributed by atoms with Crippen molar-refractivity contribution >= 4 is 23.4 Å². The third-order valence-electron chi connectivity index (χ3n) is 4.73. The van der Waals surface area contributed by atoms with Crippen LogP contribution in [0.15, 0.2) is 53.7 Å². The van der Waals surface area contributed by atoms with Crippen molar-refractivity contribution < 1.29 is 9.53 Å². The van der Waals surface area contributed by atoms with E-state index in [-0.39, 0.29) is 17.8 Å². The van der Waals surface area contributed by atoms with Gasteiger partial charge in [-0.3, -0.25) is 4.79 Å². The Labute approximate surface area is 182 Å². The van der Waals surface area contributed by atoms with E-state index >= 15 is 0 Å². The number of nitrogens with one attached hydrogen (secondary N) is 1. The number of hydrogen-bond acceptors (Lipinski definition) is 5. The first kappa shape index (κ1) is 21.9. The SMILES string of the molecule is CCc1ccccc1NC(=O)CSc1nnc(C(C)Oc2cccc(C)c2)n1CC. The molecule has 3 aromatic rings. The van der Waals surface area contributed by atoms with Crippen LogP contribution >= 0.6 is 11.8 Å². The monoisotopic (exact) mass is 424 g/mol. The third kappa shape index (κ3) is 5.42. The van der Waals surface area contributed by atoms with E-state index in [1.54, 1.807) is 0 Å². The van der Waals surface area contributed by atoms with Gasteiger partial charge in [-0.05, 0) is 56.5 Å². The van der Waals surface area contributed by atoms with E-state index in [9.17, 15) is 4.79 Å². The topological polar surface area (TPSA) is 69.0 Å². The lowest BCUT2D eigenvalue weighted by atomic mass is 10.1. The van der Waals surface area contributed by atoms with E-state index in [0.29, 0.717) is 11.7 Å². The molecule has 158 valence electrons. The molecule has 3 rings (SSSR count). The van der Waals surface area contributed by atoms with Gasteiger partial charge >= 0.3 is 0 Å². The van der Waals surface area contributed by atoms with Crippen LogP contribution in [-0.2, 0) is 17.8 Å². The molecule has 0 radical (unpaired) electrons. The van der Waals surface area contributed by atoms with Crippen molar-refractivity contribution in [3.8, 4) is 5.75 Å². The molecule has 1 aromatic heterocycles. The number of ether oxygens (including phenoxy) is 1. The number of thioether (sulfide) groups is 1. The quantitative estimate of drug-likeness (QED) is 0.487. The Morgan fingerprint density at radius 1 is 1.17 bits per heavy atom. The summed E-state index contributed by atoms with van der Waals surface area (Å²) in [5.74, 6) is 1.76. The molecule has 0 saturated carbocycles.